The Hall–Kier alpha value is -5.41. The van der Waals surface area contributed by atoms with E-state index in [0.29, 0.717) is 0 Å². The second-order valence-electron chi connectivity index (χ2n) is 15.1. The number of carbonyl (C=O) groups excluding carboxylic acids is 6. The van der Waals surface area contributed by atoms with E-state index in [4.69, 9.17) is 28.4 Å². The van der Waals surface area contributed by atoms with Gasteiger partial charge in [-0.05, 0) is 31.2 Å². The molecule has 1 heterocycles. The zero-order valence-corrected chi connectivity index (χ0v) is 32.6. The van der Waals surface area contributed by atoms with Crippen LogP contribution in [-0.4, -0.2) is 98.8 Å². The summed E-state index contributed by atoms with van der Waals surface area (Å²) in [4.78, 5) is 82.7. The van der Waals surface area contributed by atoms with Crippen molar-refractivity contribution in [3.8, 4) is 0 Å². The van der Waals surface area contributed by atoms with Gasteiger partial charge in [0.1, 0.15) is 35.6 Å². The monoisotopic (exact) mass is 779 g/mol. The van der Waals surface area contributed by atoms with Crippen LogP contribution in [0.1, 0.15) is 82.5 Å². The summed E-state index contributed by atoms with van der Waals surface area (Å²) in [5.74, 6) is -7.97. The van der Waals surface area contributed by atoms with Crippen LogP contribution in [0, 0.1) is 17.3 Å². The van der Waals surface area contributed by atoms with Crippen LogP contribution >= 0.6 is 0 Å². The Morgan fingerprint density at radius 2 is 1.29 bits per heavy atom. The van der Waals surface area contributed by atoms with Crippen LogP contribution in [0.5, 0.6) is 0 Å². The molecule has 1 aromatic heterocycles. The minimum absolute atomic E-state index is 0.0402. The van der Waals surface area contributed by atoms with Gasteiger partial charge in [-0.25, -0.2) is 9.59 Å². The third-order valence-corrected chi connectivity index (χ3v) is 9.98. The quantitative estimate of drug-likeness (QED) is 0.221. The molecule has 302 valence electrons. The predicted octanol–water partition coefficient (Wildman–Crippen LogP) is 3.85. The van der Waals surface area contributed by atoms with E-state index in [1.807, 2.05) is 0 Å². The van der Waals surface area contributed by atoms with Crippen LogP contribution in [0.2, 0.25) is 0 Å². The summed E-state index contributed by atoms with van der Waals surface area (Å²) in [7, 11) is 0. The average Bonchev–Trinajstić information content (AvgIpc) is 3.33. The van der Waals surface area contributed by atoms with Crippen LogP contribution in [0.15, 0.2) is 79.2 Å². The lowest BCUT2D eigenvalue weighted by Gasteiger charge is -2.45. The van der Waals surface area contributed by atoms with Crippen molar-refractivity contribution in [2.45, 2.75) is 110 Å². The maximum absolute atomic E-state index is 13.8. The van der Waals surface area contributed by atoms with Crippen molar-refractivity contribution in [2.75, 3.05) is 0 Å². The first kappa shape index (κ1) is 43.3. The molecule has 2 aliphatic rings. The molecule has 0 aliphatic heterocycles. The molecule has 2 aliphatic carbocycles. The Bertz CT molecular complexity index is 1840. The number of ether oxygens (including phenoxy) is 6. The maximum atomic E-state index is 13.8. The number of hydrogen-bond donors (Lipinski definition) is 2. The third-order valence-electron chi connectivity index (χ3n) is 9.98. The Balaban J connectivity index is 2.06. The van der Waals surface area contributed by atoms with Crippen LogP contribution in [0.25, 0.3) is 0 Å². The molecule has 15 nitrogen and oxygen atoms in total. The van der Waals surface area contributed by atoms with E-state index in [9.17, 15) is 39.0 Å². The van der Waals surface area contributed by atoms with Gasteiger partial charge < -0.3 is 38.6 Å². The molecule has 0 saturated heterocycles. The van der Waals surface area contributed by atoms with Crippen LogP contribution in [0.4, 0.5) is 0 Å². The van der Waals surface area contributed by atoms with E-state index in [2.05, 4.69) is 11.6 Å². The number of aliphatic hydroxyl groups excluding tert-OH is 1. The first-order chi connectivity index (χ1) is 26.1. The van der Waals surface area contributed by atoms with E-state index >= 15 is 0 Å². The van der Waals surface area contributed by atoms with Crippen LogP contribution in [0.3, 0.4) is 0 Å². The number of pyridine rings is 1. The highest BCUT2D eigenvalue weighted by Crippen LogP contribution is 2.54. The standard InChI is InChI=1S/C41H49NO14/c1-22-17-18-39(7,8)36(55-38(49)29-16-13-19-42-20-29)31(47)33(52-25(4)44)23(2)32(51-24(3)43)30-35(54-37(48)28-14-11-10-12-15-28)40(9,56-27(6)46)21-41(30,50)34(22)53-26(5)45/h10-20,22,30-36,47,50H,2,21H2,1,3-9H3/b18-17-/t22?,30-,31+,32?,33-,34?,35+,36?,40+,41+/m0/s1. The molecule has 10 atom stereocenters. The van der Waals surface area contributed by atoms with E-state index < -0.39 is 107 Å². The SMILES string of the molecule is C=C1C(OC(C)=O)[C@H]2[C@@H](OC(=O)c3ccccc3)[C@](C)(OC(C)=O)C[C@]2(O)C(OC(C)=O)C(C)/C=C\C(C)(C)C(OC(=O)c2cccnc2)[C@H](O)[C@H]1OC(C)=O. The summed E-state index contributed by atoms with van der Waals surface area (Å²) in [6, 6.07) is 10.7. The lowest BCUT2D eigenvalue weighted by molar-refractivity contribution is -0.193. The summed E-state index contributed by atoms with van der Waals surface area (Å²) in [5, 5.41) is 25.4. The zero-order chi connectivity index (χ0) is 41.7. The van der Waals surface area contributed by atoms with E-state index in [1.54, 1.807) is 51.1 Å². The van der Waals surface area contributed by atoms with Gasteiger partial charge >= 0.3 is 35.8 Å². The topological polar surface area (TPSA) is 211 Å². The molecule has 56 heavy (non-hydrogen) atoms. The molecular formula is C41H49NO14. The van der Waals surface area contributed by atoms with E-state index in [1.165, 1.54) is 43.6 Å². The van der Waals surface area contributed by atoms with Crippen molar-refractivity contribution in [3.63, 3.8) is 0 Å². The van der Waals surface area contributed by atoms with Crippen molar-refractivity contribution in [1.29, 1.82) is 0 Å². The fourth-order valence-electron chi connectivity index (χ4n) is 7.70. The van der Waals surface area contributed by atoms with Crippen molar-refractivity contribution < 1.29 is 67.4 Å². The summed E-state index contributed by atoms with van der Waals surface area (Å²) < 4.78 is 35.3. The van der Waals surface area contributed by atoms with Crippen molar-refractivity contribution >= 4 is 35.8 Å². The number of rotatable bonds is 8. The normalized spacial score (nSPS) is 31.9. The number of hydrogen-bond acceptors (Lipinski definition) is 15. The summed E-state index contributed by atoms with van der Waals surface area (Å²) in [5.41, 5.74) is -5.82. The lowest BCUT2D eigenvalue weighted by Crippen LogP contribution is -2.59. The lowest BCUT2D eigenvalue weighted by atomic mass is 9.71. The highest BCUT2D eigenvalue weighted by Gasteiger charge is 2.70. The number of aromatic nitrogens is 1. The van der Waals surface area contributed by atoms with Gasteiger partial charge in [-0.3, -0.25) is 24.2 Å². The Kier molecular flexibility index (Phi) is 13.3. The van der Waals surface area contributed by atoms with Crippen molar-refractivity contribution in [1.82, 2.24) is 4.98 Å². The third kappa shape index (κ3) is 9.51. The first-order valence-electron chi connectivity index (χ1n) is 18.0. The van der Waals surface area contributed by atoms with Gasteiger partial charge in [0.15, 0.2) is 12.2 Å². The molecule has 15 heteroatoms. The molecule has 0 amide bonds. The van der Waals surface area contributed by atoms with Crippen LogP contribution in [-0.2, 0) is 47.6 Å². The molecular weight excluding hydrogens is 730 g/mol. The Morgan fingerprint density at radius 1 is 0.732 bits per heavy atom. The largest absolute Gasteiger partial charge is 0.459 e. The molecule has 4 unspecified atom stereocenters. The van der Waals surface area contributed by atoms with Crippen molar-refractivity contribution in [2.24, 2.45) is 17.3 Å². The van der Waals surface area contributed by atoms with Gasteiger partial charge in [-0.15, -0.1) is 0 Å². The average molecular weight is 780 g/mol. The minimum Gasteiger partial charge on any atom is -0.459 e. The summed E-state index contributed by atoms with van der Waals surface area (Å²) >= 11 is 0. The minimum atomic E-state index is -2.38. The Labute approximate surface area is 325 Å². The number of aliphatic hydroxyl groups is 2. The fraction of sp³-hybridized carbons (Fsp3) is 0.488. The van der Waals surface area contributed by atoms with E-state index in [0.717, 1.165) is 27.7 Å². The molecule has 1 fully saturated rings. The first-order valence-corrected chi connectivity index (χ1v) is 18.0. The number of fused-ring (bicyclic) bond motifs is 1. The molecule has 1 saturated carbocycles. The molecule has 4 rings (SSSR count). The second-order valence-corrected chi connectivity index (χ2v) is 15.1. The fourth-order valence-corrected chi connectivity index (χ4v) is 7.70. The number of carbonyl (C=O) groups is 6. The second kappa shape index (κ2) is 17.2. The summed E-state index contributed by atoms with van der Waals surface area (Å²) in [6.45, 7) is 14.7. The molecule has 0 radical (unpaired) electrons. The highest BCUT2D eigenvalue weighted by molar-refractivity contribution is 5.90. The van der Waals surface area contributed by atoms with Crippen LogP contribution < -0.4 is 0 Å². The highest BCUT2D eigenvalue weighted by atomic mass is 16.6. The number of esters is 6. The molecule has 2 N–H and O–H groups in total. The smallest absolute Gasteiger partial charge is 0.340 e. The molecule has 0 bridgehead atoms. The van der Waals surface area contributed by atoms with Crippen molar-refractivity contribution in [3.05, 3.63) is 90.3 Å². The maximum Gasteiger partial charge on any atom is 0.340 e. The van der Waals surface area contributed by atoms with Gasteiger partial charge in [0.25, 0.3) is 0 Å². The van der Waals surface area contributed by atoms with E-state index in [-0.39, 0.29) is 16.7 Å². The van der Waals surface area contributed by atoms with Gasteiger partial charge in [0.2, 0.25) is 0 Å². The zero-order valence-electron chi connectivity index (χ0n) is 32.6. The molecule has 2 aromatic rings. The van der Waals surface area contributed by atoms with Gasteiger partial charge in [-0.1, -0.05) is 57.7 Å². The Morgan fingerprint density at radius 3 is 1.84 bits per heavy atom. The predicted molar refractivity (Wildman–Crippen MR) is 196 cm³/mol. The summed E-state index contributed by atoms with van der Waals surface area (Å²) in [6.07, 6.45) is -5.06. The number of benzene rings is 1. The molecule has 0 spiro atoms. The molecule has 1 aromatic carbocycles. The van der Waals surface area contributed by atoms with Gasteiger partial charge in [0, 0.05) is 63.4 Å². The van der Waals surface area contributed by atoms with Gasteiger partial charge in [-0.2, -0.15) is 0 Å². The number of nitrogens with zero attached hydrogens (tertiary/aromatic N) is 1. The van der Waals surface area contributed by atoms with Gasteiger partial charge in [0.05, 0.1) is 17.0 Å².